The zero-order valence-electron chi connectivity index (χ0n) is 10.5. The van der Waals surface area contributed by atoms with Crippen LogP contribution in [0.15, 0.2) is 24.3 Å². The summed E-state index contributed by atoms with van der Waals surface area (Å²) >= 11 is 0. The zero-order valence-corrected chi connectivity index (χ0v) is 10.5. The minimum Gasteiger partial charge on any atom is -0.391 e. The molecule has 0 amide bonds. The predicted octanol–water partition coefficient (Wildman–Crippen LogP) is 1.17. The smallest absolute Gasteiger partial charge is 0.103 e. The monoisotopic (exact) mass is 222 g/mol. The Labute approximate surface area is 98.9 Å². The summed E-state index contributed by atoms with van der Waals surface area (Å²) in [6.45, 7) is 7.70. The van der Waals surface area contributed by atoms with Gasteiger partial charge in [0.2, 0.25) is 0 Å². The first kappa shape index (κ1) is 13.2. The Morgan fingerprint density at radius 1 is 1.19 bits per heavy atom. The summed E-state index contributed by atoms with van der Waals surface area (Å²) in [4.78, 5) is 1.48. The third-order valence-electron chi connectivity index (χ3n) is 3.05. The first-order valence-corrected chi connectivity index (χ1v) is 6.26. The van der Waals surface area contributed by atoms with Crippen molar-refractivity contribution in [3.8, 4) is 0 Å². The molecule has 0 aliphatic carbocycles. The maximum atomic E-state index is 9.06. The predicted molar refractivity (Wildman–Crippen MR) is 67.6 cm³/mol. The zero-order chi connectivity index (χ0) is 11.8. The molecule has 1 aromatic rings. The number of benzene rings is 1. The van der Waals surface area contributed by atoms with E-state index in [1.54, 1.807) is 0 Å². The number of aliphatic hydroxyl groups excluding tert-OH is 1. The Balaban J connectivity index is 2.56. The number of aryl methyl sites for hydroxylation is 1. The van der Waals surface area contributed by atoms with Gasteiger partial charge in [0.15, 0.2) is 0 Å². The van der Waals surface area contributed by atoms with Crippen molar-refractivity contribution in [1.29, 1.82) is 0 Å². The van der Waals surface area contributed by atoms with Gasteiger partial charge in [-0.05, 0) is 18.9 Å². The van der Waals surface area contributed by atoms with Gasteiger partial charge < -0.3 is 10.0 Å². The van der Waals surface area contributed by atoms with E-state index in [0.717, 1.165) is 19.6 Å². The number of aliphatic hydroxyl groups is 1. The molecule has 2 N–H and O–H groups in total. The summed E-state index contributed by atoms with van der Waals surface area (Å²) in [6.07, 6.45) is 2.46. The lowest BCUT2D eigenvalue weighted by Gasteiger charge is -2.19. The van der Waals surface area contributed by atoms with E-state index in [1.165, 1.54) is 28.9 Å². The summed E-state index contributed by atoms with van der Waals surface area (Å²) in [5, 5.41) is 9.06. The SMILES string of the molecule is CCCC[NH+](CCO)Cc1ccccc1C. The van der Waals surface area contributed by atoms with E-state index >= 15 is 0 Å². The Kier molecular flexibility index (Phi) is 6.12. The largest absolute Gasteiger partial charge is 0.391 e. The van der Waals surface area contributed by atoms with Crippen LogP contribution in [0.2, 0.25) is 0 Å². The fourth-order valence-electron chi connectivity index (χ4n) is 1.96. The summed E-state index contributed by atoms with van der Waals surface area (Å²) < 4.78 is 0. The van der Waals surface area contributed by atoms with E-state index in [1.807, 2.05) is 0 Å². The maximum Gasteiger partial charge on any atom is 0.103 e. The summed E-state index contributed by atoms with van der Waals surface area (Å²) in [5.41, 5.74) is 2.76. The summed E-state index contributed by atoms with van der Waals surface area (Å²) in [6, 6.07) is 8.53. The molecule has 0 aromatic heterocycles. The molecule has 16 heavy (non-hydrogen) atoms. The Hall–Kier alpha value is -0.860. The molecule has 0 aliphatic rings. The van der Waals surface area contributed by atoms with Crippen LogP contribution in [0.25, 0.3) is 0 Å². The van der Waals surface area contributed by atoms with E-state index in [0.29, 0.717) is 0 Å². The Morgan fingerprint density at radius 3 is 2.56 bits per heavy atom. The lowest BCUT2D eigenvalue weighted by Crippen LogP contribution is -3.11. The Morgan fingerprint density at radius 2 is 1.94 bits per heavy atom. The van der Waals surface area contributed by atoms with Gasteiger partial charge in [-0.3, -0.25) is 0 Å². The standard InChI is InChI=1S/C14H23NO/c1-3-4-9-15(10-11-16)12-14-8-6-5-7-13(14)2/h5-8,16H,3-4,9-12H2,1-2H3/p+1. The van der Waals surface area contributed by atoms with Crippen molar-refractivity contribution in [1.82, 2.24) is 0 Å². The van der Waals surface area contributed by atoms with Crippen molar-refractivity contribution in [2.24, 2.45) is 0 Å². The van der Waals surface area contributed by atoms with Crippen molar-refractivity contribution in [2.45, 2.75) is 33.2 Å². The highest BCUT2D eigenvalue weighted by molar-refractivity contribution is 5.24. The number of unbranched alkanes of at least 4 members (excludes halogenated alkanes) is 1. The van der Waals surface area contributed by atoms with Crippen LogP contribution in [0, 0.1) is 6.92 Å². The molecule has 0 spiro atoms. The molecule has 0 aliphatic heterocycles. The van der Waals surface area contributed by atoms with Crippen LogP contribution in [0.4, 0.5) is 0 Å². The minimum absolute atomic E-state index is 0.283. The van der Waals surface area contributed by atoms with Gasteiger partial charge in [-0.25, -0.2) is 0 Å². The van der Waals surface area contributed by atoms with Crippen molar-refractivity contribution < 1.29 is 10.0 Å². The van der Waals surface area contributed by atoms with E-state index in [-0.39, 0.29) is 6.61 Å². The number of quaternary nitrogens is 1. The van der Waals surface area contributed by atoms with Gasteiger partial charge in [-0.2, -0.15) is 0 Å². The van der Waals surface area contributed by atoms with Crippen LogP contribution >= 0.6 is 0 Å². The van der Waals surface area contributed by atoms with E-state index < -0.39 is 0 Å². The second-order valence-corrected chi connectivity index (χ2v) is 4.43. The second-order valence-electron chi connectivity index (χ2n) is 4.43. The molecule has 0 radical (unpaired) electrons. The average Bonchev–Trinajstić information content (AvgIpc) is 2.29. The highest BCUT2D eigenvalue weighted by Crippen LogP contribution is 2.04. The molecule has 0 fully saturated rings. The molecule has 0 saturated heterocycles. The number of rotatable bonds is 7. The molecular formula is C14H24NO+. The van der Waals surface area contributed by atoms with Gasteiger partial charge in [0, 0.05) is 5.56 Å². The van der Waals surface area contributed by atoms with Gasteiger partial charge in [-0.1, -0.05) is 37.6 Å². The average molecular weight is 222 g/mol. The summed E-state index contributed by atoms with van der Waals surface area (Å²) in [7, 11) is 0. The van der Waals surface area contributed by atoms with Crippen molar-refractivity contribution in [2.75, 3.05) is 19.7 Å². The first-order valence-electron chi connectivity index (χ1n) is 6.26. The molecule has 0 bridgehead atoms. The molecule has 1 atom stereocenters. The van der Waals surface area contributed by atoms with Gasteiger partial charge in [0.25, 0.3) is 0 Å². The fourth-order valence-corrected chi connectivity index (χ4v) is 1.96. The van der Waals surface area contributed by atoms with E-state index in [2.05, 4.69) is 38.1 Å². The maximum absolute atomic E-state index is 9.06. The molecule has 1 aromatic carbocycles. The topological polar surface area (TPSA) is 24.7 Å². The van der Waals surface area contributed by atoms with Crippen LogP contribution in [0.1, 0.15) is 30.9 Å². The molecular weight excluding hydrogens is 198 g/mol. The number of hydrogen-bond donors (Lipinski definition) is 2. The Bertz CT molecular complexity index is 299. The lowest BCUT2D eigenvalue weighted by molar-refractivity contribution is -0.914. The molecule has 1 unspecified atom stereocenters. The lowest BCUT2D eigenvalue weighted by atomic mass is 10.1. The first-order chi connectivity index (χ1) is 7.77. The normalized spacial score (nSPS) is 12.7. The molecule has 0 heterocycles. The van der Waals surface area contributed by atoms with Crippen molar-refractivity contribution >= 4 is 0 Å². The second kappa shape index (κ2) is 7.42. The van der Waals surface area contributed by atoms with Crippen LogP contribution in [0.3, 0.4) is 0 Å². The fraction of sp³-hybridized carbons (Fsp3) is 0.571. The van der Waals surface area contributed by atoms with Gasteiger partial charge in [0.05, 0.1) is 13.2 Å². The number of hydrogen-bond acceptors (Lipinski definition) is 1. The van der Waals surface area contributed by atoms with E-state index in [9.17, 15) is 0 Å². The van der Waals surface area contributed by atoms with Crippen LogP contribution < -0.4 is 4.90 Å². The quantitative estimate of drug-likeness (QED) is 0.711. The highest BCUT2D eigenvalue weighted by atomic mass is 16.3. The van der Waals surface area contributed by atoms with Crippen molar-refractivity contribution in [3.05, 3.63) is 35.4 Å². The van der Waals surface area contributed by atoms with Crippen LogP contribution in [0.5, 0.6) is 0 Å². The molecule has 90 valence electrons. The summed E-state index contributed by atoms with van der Waals surface area (Å²) in [5.74, 6) is 0. The molecule has 0 saturated carbocycles. The van der Waals surface area contributed by atoms with Crippen molar-refractivity contribution in [3.63, 3.8) is 0 Å². The molecule has 2 nitrogen and oxygen atoms in total. The van der Waals surface area contributed by atoms with Gasteiger partial charge >= 0.3 is 0 Å². The third kappa shape index (κ3) is 4.33. The van der Waals surface area contributed by atoms with E-state index in [4.69, 9.17) is 5.11 Å². The molecule has 2 heteroatoms. The van der Waals surface area contributed by atoms with Gasteiger partial charge in [-0.15, -0.1) is 0 Å². The van der Waals surface area contributed by atoms with Crippen LogP contribution in [-0.4, -0.2) is 24.8 Å². The van der Waals surface area contributed by atoms with Crippen LogP contribution in [-0.2, 0) is 6.54 Å². The highest BCUT2D eigenvalue weighted by Gasteiger charge is 2.09. The number of nitrogens with one attached hydrogen (secondary N) is 1. The van der Waals surface area contributed by atoms with Gasteiger partial charge in [0.1, 0.15) is 13.1 Å². The third-order valence-corrected chi connectivity index (χ3v) is 3.05. The molecule has 1 rings (SSSR count). The minimum atomic E-state index is 0.283.